The highest BCUT2D eigenvalue weighted by Crippen LogP contribution is 2.16. The number of amides is 1. The van der Waals surface area contributed by atoms with Crippen LogP contribution in [0.1, 0.15) is 11.1 Å². The van der Waals surface area contributed by atoms with E-state index < -0.39 is 6.09 Å². The molecular weight excluding hydrogens is 280 g/mol. The predicted molar refractivity (Wildman–Crippen MR) is 84.0 cm³/mol. The van der Waals surface area contributed by atoms with Gasteiger partial charge in [-0.1, -0.05) is 24.3 Å². The van der Waals surface area contributed by atoms with Crippen LogP contribution >= 0.6 is 0 Å². The van der Waals surface area contributed by atoms with Crippen molar-refractivity contribution in [3.63, 3.8) is 0 Å². The summed E-state index contributed by atoms with van der Waals surface area (Å²) >= 11 is 0. The monoisotopic (exact) mass is 294 g/mol. The van der Waals surface area contributed by atoms with Gasteiger partial charge in [0.05, 0.1) is 5.52 Å². The van der Waals surface area contributed by atoms with E-state index in [9.17, 15) is 4.79 Å². The van der Waals surface area contributed by atoms with E-state index in [1.807, 2.05) is 36.7 Å². The van der Waals surface area contributed by atoms with Gasteiger partial charge in [-0.25, -0.2) is 4.79 Å². The summed E-state index contributed by atoms with van der Waals surface area (Å²) in [7, 11) is 0. The molecule has 0 bridgehead atoms. The van der Waals surface area contributed by atoms with Gasteiger partial charge in [-0.15, -0.1) is 0 Å². The fraction of sp³-hybridized carbons (Fsp3) is 0.0625. The first-order chi connectivity index (χ1) is 10.6. The Bertz CT molecular complexity index is 850. The van der Waals surface area contributed by atoms with Gasteiger partial charge in [-0.3, -0.25) is 4.98 Å². The van der Waals surface area contributed by atoms with E-state index in [-0.39, 0.29) is 5.84 Å². The highest BCUT2D eigenvalue weighted by Gasteiger charge is 2.04. The molecule has 22 heavy (non-hydrogen) atoms. The molecular formula is C16H14N4O2. The molecule has 0 aliphatic heterocycles. The van der Waals surface area contributed by atoms with Crippen LogP contribution in [0.3, 0.4) is 0 Å². The number of amidine groups is 1. The summed E-state index contributed by atoms with van der Waals surface area (Å²) in [6.07, 6.45) is 4.32. The van der Waals surface area contributed by atoms with E-state index in [1.54, 1.807) is 18.3 Å². The quantitative estimate of drug-likeness (QED) is 0.573. The lowest BCUT2D eigenvalue weighted by Crippen LogP contribution is -2.15. The Morgan fingerprint density at radius 3 is 2.73 bits per heavy atom. The molecule has 0 saturated heterocycles. The Kier molecular flexibility index (Phi) is 3.57. The fourth-order valence-corrected chi connectivity index (χ4v) is 2.32. The molecule has 0 spiro atoms. The maximum absolute atomic E-state index is 10.5. The predicted octanol–water partition coefficient (Wildman–Crippen LogP) is 2.47. The average Bonchev–Trinajstić information content (AvgIpc) is 2.91. The van der Waals surface area contributed by atoms with Gasteiger partial charge in [-0.2, -0.15) is 4.99 Å². The van der Waals surface area contributed by atoms with Crippen LogP contribution in [0.2, 0.25) is 0 Å². The van der Waals surface area contributed by atoms with Gasteiger partial charge >= 0.3 is 6.09 Å². The molecule has 110 valence electrons. The number of nitrogens with zero attached hydrogens (tertiary/aromatic N) is 3. The number of aromatic nitrogens is 2. The summed E-state index contributed by atoms with van der Waals surface area (Å²) < 4.78 is 2.13. The van der Waals surface area contributed by atoms with Gasteiger partial charge in [0.15, 0.2) is 0 Å². The molecule has 3 aromatic rings. The molecule has 2 heterocycles. The second-order valence-corrected chi connectivity index (χ2v) is 4.85. The summed E-state index contributed by atoms with van der Waals surface area (Å²) in [4.78, 5) is 17.9. The van der Waals surface area contributed by atoms with Crippen LogP contribution in [0, 0.1) is 0 Å². The summed E-state index contributed by atoms with van der Waals surface area (Å²) in [6, 6.07) is 11.4. The standard InChI is InChI=1S/C16H14N4O2/c17-15(19-16(21)22)12-3-1-11(2-4-12)10-20-8-6-13-9-18-7-5-14(13)20/h1-9H,10H2,(H2,17,19)(H,21,22). The van der Waals surface area contributed by atoms with Crippen molar-refractivity contribution in [1.82, 2.24) is 9.55 Å². The van der Waals surface area contributed by atoms with Gasteiger partial charge in [0.1, 0.15) is 5.84 Å². The zero-order valence-electron chi connectivity index (χ0n) is 11.7. The molecule has 0 saturated carbocycles. The molecule has 1 aromatic carbocycles. The molecule has 6 heteroatoms. The third kappa shape index (κ3) is 2.80. The molecule has 0 aliphatic carbocycles. The smallest absolute Gasteiger partial charge is 0.433 e. The van der Waals surface area contributed by atoms with Crippen LogP contribution in [-0.2, 0) is 6.54 Å². The van der Waals surface area contributed by atoms with Crippen LogP contribution in [0.4, 0.5) is 4.79 Å². The largest absolute Gasteiger partial charge is 0.463 e. The normalized spacial score (nSPS) is 11.7. The van der Waals surface area contributed by atoms with Crippen molar-refractivity contribution in [1.29, 1.82) is 0 Å². The lowest BCUT2D eigenvalue weighted by Gasteiger charge is -2.07. The highest BCUT2D eigenvalue weighted by atomic mass is 16.4. The lowest BCUT2D eigenvalue weighted by atomic mass is 10.1. The second kappa shape index (κ2) is 5.69. The molecule has 1 amide bonds. The first kappa shape index (κ1) is 13.8. The minimum Gasteiger partial charge on any atom is -0.463 e. The Hall–Kier alpha value is -3.15. The Balaban J connectivity index is 1.83. The third-order valence-corrected chi connectivity index (χ3v) is 3.39. The Morgan fingerprint density at radius 2 is 2.00 bits per heavy atom. The SMILES string of the molecule is NC(=NC(=O)O)c1ccc(Cn2ccc3cnccc32)cc1. The van der Waals surface area contributed by atoms with Crippen molar-refractivity contribution in [2.24, 2.45) is 10.7 Å². The minimum atomic E-state index is -1.30. The zero-order valence-corrected chi connectivity index (χ0v) is 11.7. The van der Waals surface area contributed by atoms with Crippen LogP contribution in [-0.4, -0.2) is 26.6 Å². The van der Waals surface area contributed by atoms with E-state index in [1.165, 1.54) is 0 Å². The van der Waals surface area contributed by atoms with Crippen molar-refractivity contribution in [3.8, 4) is 0 Å². The number of rotatable bonds is 3. The molecule has 0 unspecified atom stereocenters. The number of hydrogen-bond acceptors (Lipinski definition) is 2. The first-order valence-corrected chi connectivity index (χ1v) is 6.69. The molecule has 0 radical (unpaired) electrons. The molecule has 2 aromatic heterocycles. The molecule has 0 atom stereocenters. The number of fused-ring (bicyclic) bond motifs is 1. The molecule has 3 rings (SSSR count). The minimum absolute atomic E-state index is 0.00321. The van der Waals surface area contributed by atoms with Crippen LogP contribution in [0.5, 0.6) is 0 Å². The third-order valence-electron chi connectivity index (χ3n) is 3.39. The van der Waals surface area contributed by atoms with Crippen LogP contribution in [0.15, 0.2) is 60.0 Å². The maximum Gasteiger partial charge on any atom is 0.433 e. The molecule has 0 fully saturated rings. The van der Waals surface area contributed by atoms with Gasteiger partial charge in [0.2, 0.25) is 0 Å². The van der Waals surface area contributed by atoms with Crippen molar-refractivity contribution in [2.75, 3.05) is 0 Å². The molecule has 6 nitrogen and oxygen atoms in total. The van der Waals surface area contributed by atoms with Crippen molar-refractivity contribution in [2.45, 2.75) is 6.54 Å². The van der Waals surface area contributed by atoms with Crippen LogP contribution in [0.25, 0.3) is 10.9 Å². The summed E-state index contributed by atoms with van der Waals surface area (Å²) in [5, 5.41) is 9.69. The number of carbonyl (C=O) groups is 1. The summed E-state index contributed by atoms with van der Waals surface area (Å²) in [5.41, 5.74) is 8.41. The van der Waals surface area contributed by atoms with E-state index in [0.29, 0.717) is 12.1 Å². The number of benzene rings is 1. The van der Waals surface area contributed by atoms with E-state index in [2.05, 4.69) is 14.5 Å². The van der Waals surface area contributed by atoms with Gasteiger partial charge in [0.25, 0.3) is 0 Å². The maximum atomic E-state index is 10.5. The van der Waals surface area contributed by atoms with Gasteiger partial charge in [0, 0.05) is 36.1 Å². The number of hydrogen-bond donors (Lipinski definition) is 2. The Morgan fingerprint density at radius 1 is 1.23 bits per heavy atom. The zero-order chi connectivity index (χ0) is 15.5. The summed E-state index contributed by atoms with van der Waals surface area (Å²) in [6.45, 7) is 0.712. The topological polar surface area (TPSA) is 93.5 Å². The fourth-order valence-electron chi connectivity index (χ4n) is 2.32. The molecule has 0 aliphatic rings. The summed E-state index contributed by atoms with van der Waals surface area (Å²) in [5.74, 6) is -0.00321. The van der Waals surface area contributed by atoms with E-state index in [0.717, 1.165) is 16.5 Å². The van der Waals surface area contributed by atoms with Crippen molar-refractivity contribution in [3.05, 3.63) is 66.1 Å². The van der Waals surface area contributed by atoms with E-state index in [4.69, 9.17) is 10.8 Å². The van der Waals surface area contributed by atoms with E-state index >= 15 is 0 Å². The van der Waals surface area contributed by atoms with Crippen molar-refractivity contribution >= 4 is 22.8 Å². The number of nitrogens with two attached hydrogens (primary N) is 1. The Labute approximate surface area is 126 Å². The molecule has 3 N–H and O–H groups in total. The number of aliphatic imine (C=N–C) groups is 1. The average molecular weight is 294 g/mol. The number of carboxylic acid groups (broad SMARTS) is 1. The van der Waals surface area contributed by atoms with Gasteiger partial charge in [-0.05, 0) is 17.7 Å². The van der Waals surface area contributed by atoms with Crippen molar-refractivity contribution < 1.29 is 9.90 Å². The lowest BCUT2D eigenvalue weighted by molar-refractivity contribution is 0.205. The highest BCUT2D eigenvalue weighted by molar-refractivity contribution is 6.02. The second-order valence-electron chi connectivity index (χ2n) is 4.85. The number of pyridine rings is 1. The van der Waals surface area contributed by atoms with Crippen LogP contribution < -0.4 is 5.73 Å². The first-order valence-electron chi connectivity index (χ1n) is 6.69. The van der Waals surface area contributed by atoms with Gasteiger partial charge < -0.3 is 15.4 Å².